The predicted octanol–water partition coefficient (Wildman–Crippen LogP) is -1.09. The zero-order valence-electron chi connectivity index (χ0n) is 11.0. The lowest BCUT2D eigenvalue weighted by Crippen LogP contribution is -2.46. The second-order valence-electron chi connectivity index (χ2n) is 3.94. The van der Waals surface area contributed by atoms with E-state index in [-0.39, 0.29) is 30.9 Å². The van der Waals surface area contributed by atoms with Crippen LogP contribution in [0.4, 0.5) is 0 Å². The molecule has 0 fully saturated rings. The number of rotatable bonds is 8. The van der Waals surface area contributed by atoms with E-state index >= 15 is 0 Å². The van der Waals surface area contributed by atoms with Gasteiger partial charge in [-0.25, -0.2) is 0 Å². The Bertz CT molecular complexity index is 242. The molecule has 0 heterocycles. The van der Waals surface area contributed by atoms with Gasteiger partial charge in [0, 0.05) is 12.6 Å². The van der Waals surface area contributed by atoms with E-state index < -0.39 is 0 Å². The molecule has 0 aromatic heterocycles. The minimum absolute atomic E-state index is 0.0153. The second-order valence-corrected chi connectivity index (χ2v) is 3.94. The molecule has 0 aliphatic heterocycles. The quantitative estimate of drug-likeness (QED) is 0.506. The van der Waals surface area contributed by atoms with E-state index in [2.05, 4.69) is 29.4 Å². The highest BCUT2D eigenvalue weighted by Crippen LogP contribution is 1.91. The number of nitrogens with one attached hydrogen (secondary N) is 2. The Hall–Kier alpha value is -1.14. The molecule has 0 saturated heterocycles. The van der Waals surface area contributed by atoms with Crippen molar-refractivity contribution in [2.75, 3.05) is 32.7 Å². The molecule has 2 amide bonds. The highest BCUT2D eigenvalue weighted by molar-refractivity contribution is 5.85. The molecule has 0 aromatic rings. The van der Waals surface area contributed by atoms with E-state index in [1.54, 1.807) is 0 Å². The van der Waals surface area contributed by atoms with E-state index in [9.17, 15) is 9.59 Å². The summed E-state index contributed by atoms with van der Waals surface area (Å²) in [6, 6.07) is 0.0668. The van der Waals surface area contributed by atoms with Gasteiger partial charge in [0.25, 0.3) is 0 Å². The van der Waals surface area contributed by atoms with E-state index in [1.165, 1.54) is 0 Å². The lowest BCUT2D eigenvalue weighted by Gasteiger charge is -2.23. The number of hydrogen-bond donors (Lipinski definition) is 3. The van der Waals surface area contributed by atoms with Crippen LogP contribution in [0.5, 0.6) is 0 Å². The van der Waals surface area contributed by atoms with Gasteiger partial charge in [0.05, 0.1) is 13.1 Å². The summed E-state index contributed by atoms with van der Waals surface area (Å²) in [6.07, 6.45) is 0. The summed E-state index contributed by atoms with van der Waals surface area (Å²) >= 11 is 0. The fourth-order valence-corrected chi connectivity index (χ4v) is 1.49. The molecule has 1 unspecified atom stereocenters. The molecule has 0 bridgehead atoms. The number of nitrogens with two attached hydrogens (primary N) is 1. The number of hydrogen-bond acceptors (Lipinski definition) is 4. The Labute approximate surface area is 103 Å². The molecule has 0 saturated carbocycles. The Morgan fingerprint density at radius 2 is 1.82 bits per heavy atom. The monoisotopic (exact) mass is 244 g/mol. The molecular formula is C11H24N4O2. The SMILES string of the molecule is CCN(CC)CC(C)NC(=O)CNC(=O)CN. The van der Waals surface area contributed by atoms with Crippen LogP contribution in [0.3, 0.4) is 0 Å². The molecule has 0 aliphatic rings. The maximum atomic E-state index is 11.4. The van der Waals surface area contributed by atoms with Crippen LogP contribution in [0, 0.1) is 0 Å². The van der Waals surface area contributed by atoms with Gasteiger partial charge in [0.2, 0.25) is 11.8 Å². The first kappa shape index (κ1) is 15.9. The molecule has 4 N–H and O–H groups in total. The second kappa shape index (κ2) is 8.95. The van der Waals surface area contributed by atoms with E-state index in [0.717, 1.165) is 19.6 Å². The zero-order valence-corrected chi connectivity index (χ0v) is 11.0. The summed E-state index contributed by atoms with van der Waals surface area (Å²) in [4.78, 5) is 24.5. The number of likely N-dealkylation sites (N-methyl/N-ethyl adjacent to an activating group) is 1. The summed E-state index contributed by atoms with van der Waals surface area (Å²) in [6.45, 7) is 8.73. The fourth-order valence-electron chi connectivity index (χ4n) is 1.49. The molecule has 0 aliphatic carbocycles. The molecule has 17 heavy (non-hydrogen) atoms. The summed E-state index contributed by atoms with van der Waals surface area (Å²) in [5, 5.41) is 5.25. The molecule has 6 nitrogen and oxygen atoms in total. The van der Waals surface area contributed by atoms with Crippen LogP contribution in [-0.4, -0.2) is 55.5 Å². The first-order valence-corrected chi connectivity index (χ1v) is 6.01. The number of amides is 2. The van der Waals surface area contributed by atoms with Gasteiger partial charge in [-0.15, -0.1) is 0 Å². The van der Waals surface area contributed by atoms with Crippen molar-refractivity contribution in [1.82, 2.24) is 15.5 Å². The first-order valence-electron chi connectivity index (χ1n) is 6.01. The molecule has 0 rings (SSSR count). The third-order valence-electron chi connectivity index (χ3n) is 2.47. The van der Waals surface area contributed by atoms with Crippen molar-refractivity contribution in [3.63, 3.8) is 0 Å². The molecular weight excluding hydrogens is 220 g/mol. The van der Waals surface area contributed by atoms with E-state index in [1.807, 2.05) is 6.92 Å². The smallest absolute Gasteiger partial charge is 0.239 e. The number of carbonyl (C=O) groups excluding carboxylic acids is 2. The van der Waals surface area contributed by atoms with Gasteiger partial charge in [-0.05, 0) is 20.0 Å². The summed E-state index contributed by atoms with van der Waals surface area (Å²) in [5.41, 5.74) is 5.11. The highest BCUT2D eigenvalue weighted by Gasteiger charge is 2.10. The maximum Gasteiger partial charge on any atom is 0.239 e. The third-order valence-corrected chi connectivity index (χ3v) is 2.47. The maximum absolute atomic E-state index is 11.4. The third kappa shape index (κ3) is 7.70. The topological polar surface area (TPSA) is 87.5 Å². The van der Waals surface area contributed by atoms with E-state index in [0.29, 0.717) is 0 Å². The Morgan fingerprint density at radius 1 is 1.24 bits per heavy atom. The average molecular weight is 244 g/mol. The Balaban J connectivity index is 3.83. The Morgan fingerprint density at radius 3 is 2.29 bits per heavy atom. The van der Waals surface area contributed by atoms with Gasteiger partial charge >= 0.3 is 0 Å². The van der Waals surface area contributed by atoms with Crippen molar-refractivity contribution >= 4 is 11.8 Å². The fraction of sp³-hybridized carbons (Fsp3) is 0.818. The van der Waals surface area contributed by atoms with Crippen molar-refractivity contribution in [2.45, 2.75) is 26.8 Å². The lowest BCUT2D eigenvalue weighted by molar-refractivity contribution is -0.125. The van der Waals surface area contributed by atoms with Crippen molar-refractivity contribution < 1.29 is 9.59 Å². The van der Waals surface area contributed by atoms with Crippen LogP contribution in [-0.2, 0) is 9.59 Å². The number of carbonyl (C=O) groups is 2. The van der Waals surface area contributed by atoms with Gasteiger partial charge < -0.3 is 21.3 Å². The van der Waals surface area contributed by atoms with Crippen LogP contribution < -0.4 is 16.4 Å². The summed E-state index contributed by atoms with van der Waals surface area (Å²) in [5.74, 6) is -0.511. The first-order chi connectivity index (χ1) is 8.03. The molecule has 0 radical (unpaired) electrons. The minimum atomic E-state index is -0.323. The van der Waals surface area contributed by atoms with Gasteiger partial charge in [-0.3, -0.25) is 9.59 Å². The van der Waals surface area contributed by atoms with Crippen LogP contribution in [0.1, 0.15) is 20.8 Å². The minimum Gasteiger partial charge on any atom is -0.351 e. The average Bonchev–Trinajstić information content (AvgIpc) is 2.32. The molecule has 0 spiro atoms. The van der Waals surface area contributed by atoms with Gasteiger partial charge in [0.15, 0.2) is 0 Å². The number of nitrogens with zero attached hydrogens (tertiary/aromatic N) is 1. The summed E-state index contributed by atoms with van der Waals surface area (Å²) < 4.78 is 0. The normalized spacial score (nSPS) is 12.3. The summed E-state index contributed by atoms with van der Waals surface area (Å²) in [7, 11) is 0. The van der Waals surface area contributed by atoms with Gasteiger partial charge in [-0.2, -0.15) is 0 Å². The predicted molar refractivity (Wildman–Crippen MR) is 67.5 cm³/mol. The lowest BCUT2D eigenvalue weighted by atomic mass is 10.3. The molecule has 6 heteroatoms. The molecule has 100 valence electrons. The highest BCUT2D eigenvalue weighted by atomic mass is 16.2. The molecule has 1 atom stereocenters. The van der Waals surface area contributed by atoms with Crippen LogP contribution in [0.25, 0.3) is 0 Å². The zero-order chi connectivity index (χ0) is 13.3. The van der Waals surface area contributed by atoms with Crippen molar-refractivity contribution in [1.29, 1.82) is 0 Å². The van der Waals surface area contributed by atoms with E-state index in [4.69, 9.17) is 5.73 Å². The largest absolute Gasteiger partial charge is 0.351 e. The Kier molecular flexibility index (Phi) is 8.35. The van der Waals surface area contributed by atoms with Crippen molar-refractivity contribution in [3.05, 3.63) is 0 Å². The van der Waals surface area contributed by atoms with Crippen molar-refractivity contribution in [2.24, 2.45) is 5.73 Å². The van der Waals surface area contributed by atoms with Gasteiger partial charge in [-0.1, -0.05) is 13.8 Å². The van der Waals surface area contributed by atoms with Crippen LogP contribution >= 0.6 is 0 Å². The molecule has 0 aromatic carbocycles. The van der Waals surface area contributed by atoms with Crippen LogP contribution in [0.2, 0.25) is 0 Å². The van der Waals surface area contributed by atoms with Gasteiger partial charge in [0.1, 0.15) is 0 Å². The van der Waals surface area contributed by atoms with Crippen LogP contribution in [0.15, 0.2) is 0 Å². The standard InChI is InChI=1S/C11H24N4O2/c1-4-15(5-2)8-9(3)14-11(17)7-13-10(16)6-12/h9H,4-8,12H2,1-3H3,(H,13,16)(H,14,17). The van der Waals surface area contributed by atoms with Crippen molar-refractivity contribution in [3.8, 4) is 0 Å².